The van der Waals surface area contributed by atoms with Gasteiger partial charge in [0.05, 0.1) is 25.4 Å². The van der Waals surface area contributed by atoms with Crippen LogP contribution >= 0.6 is 11.3 Å². The minimum Gasteiger partial charge on any atom is -0.491 e. The lowest BCUT2D eigenvalue weighted by Crippen LogP contribution is -2.11. The second-order valence-corrected chi connectivity index (χ2v) is 5.88. The van der Waals surface area contributed by atoms with Gasteiger partial charge in [-0.1, -0.05) is 0 Å². The molecule has 1 aromatic carbocycles. The third-order valence-electron chi connectivity index (χ3n) is 3.28. The molecular weight excluding hydrogens is 314 g/mol. The highest BCUT2D eigenvalue weighted by atomic mass is 32.1. The van der Waals surface area contributed by atoms with Gasteiger partial charge in [-0.05, 0) is 47.7 Å². The molecule has 0 saturated carbocycles. The molecule has 124 valence electrons. The van der Waals surface area contributed by atoms with Crippen molar-refractivity contribution >= 4 is 17.2 Å². The van der Waals surface area contributed by atoms with Gasteiger partial charge in [0.1, 0.15) is 12.4 Å². The van der Waals surface area contributed by atoms with Crippen molar-refractivity contribution in [1.82, 2.24) is 0 Å². The third-order valence-corrected chi connectivity index (χ3v) is 4.25. The van der Waals surface area contributed by atoms with E-state index in [2.05, 4.69) is 0 Å². The topological polar surface area (TPSA) is 70.8 Å². The lowest BCUT2D eigenvalue weighted by molar-refractivity contribution is 0.0543. The average Bonchev–Trinajstić information content (AvgIpc) is 3.02. The van der Waals surface area contributed by atoms with E-state index in [-0.39, 0.29) is 0 Å². The summed E-state index contributed by atoms with van der Waals surface area (Å²) in [7, 11) is 1.64. The van der Waals surface area contributed by atoms with Gasteiger partial charge < -0.3 is 19.9 Å². The molecule has 0 radical (unpaired) electrons. The summed E-state index contributed by atoms with van der Waals surface area (Å²) < 4.78 is 16.0. The van der Waals surface area contributed by atoms with Gasteiger partial charge in [-0.15, -0.1) is 11.3 Å². The van der Waals surface area contributed by atoms with Gasteiger partial charge in [-0.3, -0.25) is 4.79 Å². The Morgan fingerprint density at radius 2 is 1.96 bits per heavy atom. The molecule has 1 heterocycles. The van der Waals surface area contributed by atoms with E-state index in [4.69, 9.17) is 19.9 Å². The van der Waals surface area contributed by atoms with Gasteiger partial charge in [0.15, 0.2) is 0 Å². The van der Waals surface area contributed by atoms with Gasteiger partial charge in [-0.2, -0.15) is 0 Å². The summed E-state index contributed by atoms with van der Waals surface area (Å²) in [6.07, 6.45) is 0. The van der Waals surface area contributed by atoms with Crippen LogP contribution in [0.4, 0.5) is 0 Å². The van der Waals surface area contributed by atoms with Crippen LogP contribution in [0.3, 0.4) is 0 Å². The van der Waals surface area contributed by atoms with Gasteiger partial charge in [-0.25, -0.2) is 0 Å². The van der Waals surface area contributed by atoms with Crippen LogP contribution in [0.15, 0.2) is 29.6 Å². The third kappa shape index (κ3) is 4.79. The summed E-state index contributed by atoms with van der Waals surface area (Å²) in [6.45, 7) is 4.11. The van der Waals surface area contributed by atoms with Crippen molar-refractivity contribution < 1.29 is 19.0 Å². The number of benzene rings is 1. The minimum atomic E-state index is -0.410. The molecule has 0 aliphatic rings. The van der Waals surface area contributed by atoms with Crippen LogP contribution in [0.5, 0.6) is 5.75 Å². The monoisotopic (exact) mass is 335 g/mol. The molecule has 0 fully saturated rings. The van der Waals surface area contributed by atoms with Crippen molar-refractivity contribution in [3.8, 4) is 16.2 Å². The Kier molecular flexibility index (Phi) is 6.58. The first-order chi connectivity index (χ1) is 11.1. The van der Waals surface area contributed by atoms with E-state index in [0.29, 0.717) is 32.0 Å². The van der Waals surface area contributed by atoms with E-state index in [0.717, 1.165) is 21.8 Å². The standard InChI is InChI=1S/C17H21NO4S/c1-12-11-13(16-14(17(18)19)5-10-23-16)3-4-15(12)22-9-8-21-7-6-20-2/h3-5,10-11H,6-9H2,1-2H3,(H2,18,19). The van der Waals surface area contributed by atoms with E-state index in [1.807, 2.05) is 30.5 Å². The van der Waals surface area contributed by atoms with Crippen molar-refractivity contribution in [2.24, 2.45) is 5.73 Å². The van der Waals surface area contributed by atoms with E-state index in [9.17, 15) is 4.79 Å². The number of methoxy groups -OCH3 is 1. The largest absolute Gasteiger partial charge is 0.491 e. The lowest BCUT2D eigenvalue weighted by Gasteiger charge is -2.11. The molecule has 0 bridgehead atoms. The molecular formula is C17H21NO4S. The first-order valence-electron chi connectivity index (χ1n) is 7.31. The molecule has 5 nitrogen and oxygen atoms in total. The summed E-state index contributed by atoms with van der Waals surface area (Å²) in [5.41, 5.74) is 7.92. The number of carbonyl (C=O) groups is 1. The molecule has 0 saturated heterocycles. The molecule has 2 N–H and O–H groups in total. The molecule has 23 heavy (non-hydrogen) atoms. The Hall–Kier alpha value is -1.89. The van der Waals surface area contributed by atoms with E-state index < -0.39 is 5.91 Å². The summed E-state index contributed by atoms with van der Waals surface area (Å²) in [5.74, 6) is 0.397. The summed E-state index contributed by atoms with van der Waals surface area (Å²) in [4.78, 5) is 12.3. The first kappa shape index (κ1) is 17.5. The zero-order chi connectivity index (χ0) is 16.7. The number of amides is 1. The number of hydrogen-bond donors (Lipinski definition) is 1. The van der Waals surface area contributed by atoms with Crippen LogP contribution < -0.4 is 10.5 Å². The Morgan fingerprint density at radius 1 is 1.17 bits per heavy atom. The normalized spacial score (nSPS) is 10.7. The number of carbonyl (C=O) groups excluding carboxylic acids is 1. The predicted octanol–water partition coefficient (Wildman–Crippen LogP) is 2.86. The highest BCUT2D eigenvalue weighted by Crippen LogP contribution is 2.32. The Morgan fingerprint density at radius 3 is 2.65 bits per heavy atom. The quantitative estimate of drug-likeness (QED) is 0.715. The van der Waals surface area contributed by atoms with Gasteiger partial charge in [0.25, 0.3) is 0 Å². The highest BCUT2D eigenvalue weighted by molar-refractivity contribution is 7.14. The van der Waals surface area contributed by atoms with Crippen LogP contribution in [0.1, 0.15) is 15.9 Å². The molecule has 0 atom stereocenters. The van der Waals surface area contributed by atoms with Crippen molar-refractivity contribution in [3.63, 3.8) is 0 Å². The molecule has 0 aliphatic heterocycles. The maximum absolute atomic E-state index is 11.4. The fourth-order valence-corrected chi connectivity index (χ4v) is 3.03. The molecule has 2 rings (SSSR count). The predicted molar refractivity (Wildman–Crippen MR) is 91.2 cm³/mol. The fourth-order valence-electron chi connectivity index (χ4n) is 2.13. The maximum Gasteiger partial charge on any atom is 0.250 e. The molecule has 1 amide bonds. The van der Waals surface area contributed by atoms with Gasteiger partial charge >= 0.3 is 0 Å². The van der Waals surface area contributed by atoms with Gasteiger partial charge in [0, 0.05) is 12.0 Å². The average molecular weight is 335 g/mol. The molecule has 6 heteroatoms. The molecule has 0 unspecified atom stereocenters. The van der Waals surface area contributed by atoms with Crippen molar-refractivity contribution in [3.05, 3.63) is 40.8 Å². The molecule has 0 spiro atoms. The van der Waals surface area contributed by atoms with Crippen LogP contribution in [0.2, 0.25) is 0 Å². The fraction of sp³-hybridized carbons (Fsp3) is 0.353. The Bertz CT molecular complexity index is 654. The maximum atomic E-state index is 11.4. The van der Waals surface area contributed by atoms with E-state index in [1.54, 1.807) is 13.2 Å². The second kappa shape index (κ2) is 8.67. The summed E-state index contributed by atoms with van der Waals surface area (Å²) in [6, 6.07) is 7.59. The van der Waals surface area contributed by atoms with Crippen molar-refractivity contribution in [2.75, 3.05) is 33.5 Å². The molecule has 1 aromatic heterocycles. The number of thiophene rings is 1. The Balaban J connectivity index is 1.98. The van der Waals surface area contributed by atoms with Gasteiger partial charge in [0.2, 0.25) is 5.91 Å². The number of rotatable bonds is 9. The SMILES string of the molecule is COCCOCCOc1ccc(-c2sccc2C(N)=O)cc1C. The highest BCUT2D eigenvalue weighted by Gasteiger charge is 2.12. The first-order valence-corrected chi connectivity index (χ1v) is 8.19. The van der Waals surface area contributed by atoms with E-state index in [1.165, 1.54) is 11.3 Å². The summed E-state index contributed by atoms with van der Waals surface area (Å²) >= 11 is 1.50. The second-order valence-electron chi connectivity index (χ2n) is 4.96. The number of hydrogen-bond acceptors (Lipinski definition) is 5. The zero-order valence-corrected chi connectivity index (χ0v) is 14.2. The van der Waals surface area contributed by atoms with E-state index >= 15 is 0 Å². The molecule has 0 aliphatic carbocycles. The lowest BCUT2D eigenvalue weighted by atomic mass is 10.1. The minimum absolute atomic E-state index is 0.410. The number of ether oxygens (including phenoxy) is 3. The van der Waals surface area contributed by atoms with Crippen molar-refractivity contribution in [1.29, 1.82) is 0 Å². The number of aryl methyl sites for hydroxylation is 1. The smallest absolute Gasteiger partial charge is 0.250 e. The molecule has 2 aromatic rings. The van der Waals surface area contributed by atoms with Crippen LogP contribution in [-0.2, 0) is 9.47 Å². The zero-order valence-electron chi connectivity index (χ0n) is 13.3. The van der Waals surface area contributed by atoms with Crippen molar-refractivity contribution in [2.45, 2.75) is 6.92 Å². The summed E-state index contributed by atoms with van der Waals surface area (Å²) in [5, 5.41) is 1.87. The number of primary amides is 1. The van der Waals surface area contributed by atoms with Crippen LogP contribution in [-0.4, -0.2) is 39.4 Å². The number of nitrogens with two attached hydrogens (primary N) is 1. The Labute approximate surface area is 140 Å². The van der Waals surface area contributed by atoms with Crippen LogP contribution in [0.25, 0.3) is 10.4 Å². The van der Waals surface area contributed by atoms with Crippen LogP contribution in [0, 0.1) is 6.92 Å².